The maximum Gasteiger partial charge on any atom is 0.259 e. The van der Waals surface area contributed by atoms with Crippen LogP contribution < -0.4 is 4.72 Å². The van der Waals surface area contributed by atoms with Crippen molar-refractivity contribution in [2.45, 2.75) is 24.4 Å². The van der Waals surface area contributed by atoms with Gasteiger partial charge in [-0.1, -0.05) is 0 Å². The third-order valence-corrected chi connectivity index (χ3v) is 3.91. The van der Waals surface area contributed by atoms with Crippen LogP contribution in [0.4, 0.5) is 0 Å². The molecule has 0 bridgehead atoms. The highest BCUT2D eigenvalue weighted by molar-refractivity contribution is 7.89. The Morgan fingerprint density at radius 2 is 2.33 bits per heavy atom. The summed E-state index contributed by atoms with van der Waals surface area (Å²) in [5.41, 5.74) is 0.950. The Morgan fingerprint density at radius 1 is 1.56 bits per heavy atom. The number of aromatic nitrogens is 2. The van der Waals surface area contributed by atoms with Gasteiger partial charge in [0.25, 0.3) is 10.0 Å². The summed E-state index contributed by atoms with van der Waals surface area (Å²) in [5, 5.41) is 0.0315. The molecular weight excluding hydrogens is 254 g/mol. The van der Waals surface area contributed by atoms with Gasteiger partial charge in [-0.05, 0) is 25.0 Å². The van der Waals surface area contributed by atoms with Crippen molar-refractivity contribution in [3.8, 4) is 0 Å². The fraction of sp³-hybridized carbons (Fsp3) is 0.364. The van der Waals surface area contributed by atoms with Gasteiger partial charge >= 0.3 is 0 Å². The van der Waals surface area contributed by atoms with Crippen LogP contribution in [-0.2, 0) is 23.5 Å². The van der Waals surface area contributed by atoms with Gasteiger partial charge in [0.2, 0.25) is 0 Å². The molecule has 0 amide bonds. The molecule has 98 valence electrons. The number of aryl methyl sites for hydroxylation is 1. The summed E-state index contributed by atoms with van der Waals surface area (Å²) in [6.07, 6.45) is 6.66. The molecule has 18 heavy (non-hydrogen) atoms. The number of hydrogen-bond donors (Lipinski definition) is 1. The molecule has 0 spiro atoms. The van der Waals surface area contributed by atoms with Crippen molar-refractivity contribution in [3.05, 3.63) is 36.7 Å². The summed E-state index contributed by atoms with van der Waals surface area (Å²) in [7, 11) is -1.83. The Labute approximate surface area is 106 Å². The number of rotatable bonds is 5. The van der Waals surface area contributed by atoms with Crippen molar-refractivity contribution in [2.24, 2.45) is 7.05 Å². The molecule has 6 nitrogen and oxygen atoms in total. The summed E-state index contributed by atoms with van der Waals surface area (Å²) >= 11 is 0. The zero-order valence-electron chi connectivity index (χ0n) is 10.2. The van der Waals surface area contributed by atoms with Crippen molar-refractivity contribution in [1.82, 2.24) is 14.3 Å². The van der Waals surface area contributed by atoms with Gasteiger partial charge in [-0.3, -0.25) is 0 Å². The van der Waals surface area contributed by atoms with Crippen LogP contribution in [0.15, 0.2) is 40.6 Å². The van der Waals surface area contributed by atoms with Crippen LogP contribution in [0.25, 0.3) is 0 Å². The van der Waals surface area contributed by atoms with Crippen LogP contribution in [0.5, 0.6) is 0 Å². The highest BCUT2D eigenvalue weighted by Gasteiger charge is 2.20. The van der Waals surface area contributed by atoms with Crippen molar-refractivity contribution >= 4 is 10.0 Å². The monoisotopic (exact) mass is 269 g/mol. The lowest BCUT2D eigenvalue weighted by molar-refractivity contribution is 0.547. The van der Waals surface area contributed by atoms with Crippen molar-refractivity contribution in [3.63, 3.8) is 0 Å². The van der Waals surface area contributed by atoms with Crippen LogP contribution in [0.3, 0.4) is 0 Å². The summed E-state index contributed by atoms with van der Waals surface area (Å²) < 4.78 is 33.1. The number of furan rings is 1. The van der Waals surface area contributed by atoms with Crippen LogP contribution >= 0.6 is 0 Å². The number of imidazole rings is 1. The molecule has 0 saturated carbocycles. The van der Waals surface area contributed by atoms with Crippen LogP contribution in [0.1, 0.15) is 12.5 Å². The summed E-state index contributed by atoms with van der Waals surface area (Å²) in [4.78, 5) is 3.83. The molecular formula is C11H15N3O3S. The molecule has 0 unspecified atom stereocenters. The van der Waals surface area contributed by atoms with E-state index < -0.39 is 10.0 Å². The zero-order valence-corrected chi connectivity index (χ0v) is 11.0. The molecule has 0 saturated heterocycles. The number of nitrogens with zero attached hydrogens (tertiary/aromatic N) is 2. The maximum atomic E-state index is 12.0. The minimum Gasteiger partial charge on any atom is -0.472 e. The van der Waals surface area contributed by atoms with E-state index in [1.54, 1.807) is 31.1 Å². The molecule has 0 aliphatic carbocycles. The fourth-order valence-corrected chi connectivity index (χ4v) is 2.88. The lowest BCUT2D eigenvalue weighted by Crippen LogP contribution is -2.34. The van der Waals surface area contributed by atoms with Crippen molar-refractivity contribution in [2.75, 3.05) is 0 Å². The van der Waals surface area contributed by atoms with E-state index in [4.69, 9.17) is 4.42 Å². The molecule has 0 radical (unpaired) electrons. The Morgan fingerprint density at radius 3 is 2.89 bits per heavy atom. The Hall–Kier alpha value is -1.60. The second kappa shape index (κ2) is 4.95. The smallest absolute Gasteiger partial charge is 0.259 e. The van der Waals surface area contributed by atoms with E-state index in [-0.39, 0.29) is 11.1 Å². The van der Waals surface area contributed by atoms with Crippen LogP contribution in [0.2, 0.25) is 0 Å². The molecule has 0 aromatic carbocycles. The van der Waals surface area contributed by atoms with Gasteiger partial charge in [0.05, 0.1) is 18.9 Å². The Balaban J connectivity index is 2.04. The first-order chi connectivity index (χ1) is 8.47. The normalized spacial score (nSPS) is 13.7. The van der Waals surface area contributed by atoms with Gasteiger partial charge in [0.15, 0.2) is 5.03 Å². The third kappa shape index (κ3) is 2.99. The SMILES string of the molecule is C[C@@H](Cc1ccoc1)NS(=O)(=O)c1cn(C)cn1. The standard InChI is InChI=1S/C11H15N3O3S/c1-9(5-10-3-4-17-7-10)13-18(15,16)11-6-14(2)8-12-11/h3-4,6-9,13H,5H2,1-2H3/t9-/m0/s1. The lowest BCUT2D eigenvalue weighted by Gasteiger charge is -2.11. The van der Waals surface area contributed by atoms with Gasteiger partial charge in [0.1, 0.15) is 0 Å². The van der Waals surface area contributed by atoms with Gasteiger partial charge in [-0.25, -0.2) is 18.1 Å². The molecule has 0 aliphatic rings. The fourth-order valence-electron chi connectivity index (χ4n) is 1.66. The first-order valence-electron chi connectivity index (χ1n) is 5.49. The molecule has 0 aliphatic heterocycles. The first-order valence-corrected chi connectivity index (χ1v) is 6.97. The predicted octanol–water partition coefficient (Wildman–Crippen LogP) is 0.923. The molecule has 2 heterocycles. The van der Waals surface area contributed by atoms with E-state index in [1.807, 2.05) is 6.07 Å². The third-order valence-electron chi connectivity index (χ3n) is 2.43. The van der Waals surface area contributed by atoms with E-state index in [9.17, 15) is 8.42 Å². The lowest BCUT2D eigenvalue weighted by atomic mass is 10.1. The maximum absolute atomic E-state index is 12.0. The number of nitrogens with one attached hydrogen (secondary N) is 1. The van der Waals surface area contributed by atoms with E-state index in [1.165, 1.54) is 12.5 Å². The van der Waals surface area contributed by atoms with E-state index in [0.717, 1.165) is 5.56 Å². The average molecular weight is 269 g/mol. The largest absolute Gasteiger partial charge is 0.472 e. The average Bonchev–Trinajstić information content (AvgIpc) is 2.88. The summed E-state index contributed by atoms with van der Waals surface area (Å²) in [6.45, 7) is 1.80. The molecule has 0 fully saturated rings. The topological polar surface area (TPSA) is 77.1 Å². The van der Waals surface area contributed by atoms with Gasteiger partial charge in [-0.2, -0.15) is 0 Å². The molecule has 1 N–H and O–H groups in total. The number of hydrogen-bond acceptors (Lipinski definition) is 4. The first kappa shape index (κ1) is 12.8. The van der Waals surface area contributed by atoms with Crippen LogP contribution in [0, 0.1) is 0 Å². The highest BCUT2D eigenvalue weighted by Crippen LogP contribution is 2.08. The Kier molecular flexibility index (Phi) is 3.53. The Bertz CT molecular complexity index is 601. The molecule has 1 atom stereocenters. The quantitative estimate of drug-likeness (QED) is 0.875. The van der Waals surface area contributed by atoms with E-state index in [2.05, 4.69) is 9.71 Å². The molecule has 7 heteroatoms. The van der Waals surface area contributed by atoms with Crippen LogP contribution in [-0.4, -0.2) is 24.0 Å². The number of sulfonamides is 1. The van der Waals surface area contributed by atoms with E-state index in [0.29, 0.717) is 6.42 Å². The van der Waals surface area contributed by atoms with Crippen molar-refractivity contribution < 1.29 is 12.8 Å². The van der Waals surface area contributed by atoms with Crippen molar-refractivity contribution in [1.29, 1.82) is 0 Å². The summed E-state index contributed by atoms with van der Waals surface area (Å²) in [5.74, 6) is 0. The summed E-state index contributed by atoms with van der Waals surface area (Å²) in [6, 6.07) is 1.58. The second-order valence-electron chi connectivity index (χ2n) is 4.24. The van der Waals surface area contributed by atoms with E-state index >= 15 is 0 Å². The highest BCUT2D eigenvalue weighted by atomic mass is 32.2. The predicted molar refractivity (Wildman–Crippen MR) is 65.4 cm³/mol. The molecule has 2 aromatic heterocycles. The molecule has 2 rings (SSSR count). The van der Waals surface area contributed by atoms with Gasteiger partial charge in [-0.15, -0.1) is 0 Å². The minimum atomic E-state index is -3.55. The molecule has 2 aromatic rings. The zero-order chi connectivity index (χ0) is 13.2. The van der Waals surface area contributed by atoms with Gasteiger partial charge < -0.3 is 8.98 Å². The van der Waals surface area contributed by atoms with Gasteiger partial charge in [0, 0.05) is 19.3 Å². The minimum absolute atomic E-state index is 0.0315. The second-order valence-corrected chi connectivity index (χ2v) is 5.90.